The van der Waals surface area contributed by atoms with Crippen molar-refractivity contribution in [2.45, 2.75) is 45.3 Å². The number of hydrogen-bond donors (Lipinski definition) is 1. The molecule has 1 N–H and O–H groups in total. The maximum atomic E-state index is 12.0. The summed E-state index contributed by atoms with van der Waals surface area (Å²) in [6, 6.07) is 0. The first kappa shape index (κ1) is 14.8. The molecule has 2 rings (SSSR count). The number of carbonyl (C=O) groups excluding carboxylic acids is 1. The summed E-state index contributed by atoms with van der Waals surface area (Å²) in [6.45, 7) is 8.13. The van der Waals surface area contributed by atoms with E-state index in [1.165, 1.54) is 0 Å². The molecular formula is C14H23N3O3. The molecule has 2 heterocycles. The average molecular weight is 281 g/mol. The van der Waals surface area contributed by atoms with E-state index in [1.807, 2.05) is 45.5 Å². The van der Waals surface area contributed by atoms with Crippen molar-refractivity contribution in [3.8, 4) is 0 Å². The van der Waals surface area contributed by atoms with Gasteiger partial charge < -0.3 is 19.3 Å². The average Bonchev–Trinajstić information content (AvgIpc) is 2.81. The van der Waals surface area contributed by atoms with Crippen LogP contribution >= 0.6 is 0 Å². The maximum Gasteiger partial charge on any atom is 0.410 e. The second kappa shape index (κ2) is 5.09. The number of rotatable bonds is 1. The molecule has 0 radical (unpaired) electrons. The summed E-state index contributed by atoms with van der Waals surface area (Å²) in [6.07, 6.45) is 0.922. The zero-order valence-corrected chi connectivity index (χ0v) is 12.8. The number of amides is 1. The third-order valence-electron chi connectivity index (χ3n) is 3.45. The minimum absolute atomic E-state index is 0.151. The number of aliphatic hydroxyl groups excluding tert-OH is 1. The van der Waals surface area contributed by atoms with E-state index < -0.39 is 11.7 Å². The molecule has 112 valence electrons. The van der Waals surface area contributed by atoms with Crippen molar-refractivity contribution < 1.29 is 14.6 Å². The maximum absolute atomic E-state index is 12.0. The van der Waals surface area contributed by atoms with E-state index in [1.54, 1.807) is 4.90 Å². The number of aryl methyl sites for hydroxylation is 2. The minimum atomic E-state index is -0.600. The molecule has 6 nitrogen and oxygen atoms in total. The van der Waals surface area contributed by atoms with Gasteiger partial charge >= 0.3 is 6.09 Å². The Morgan fingerprint density at radius 2 is 2.10 bits per heavy atom. The van der Waals surface area contributed by atoms with Crippen LogP contribution in [0.25, 0.3) is 0 Å². The fourth-order valence-electron chi connectivity index (χ4n) is 2.32. The Morgan fingerprint density at radius 3 is 2.60 bits per heavy atom. The lowest BCUT2D eigenvalue weighted by Crippen LogP contribution is -2.35. The Balaban J connectivity index is 2.07. The fourth-order valence-corrected chi connectivity index (χ4v) is 2.32. The smallest absolute Gasteiger partial charge is 0.410 e. The molecule has 0 saturated carbocycles. The van der Waals surface area contributed by atoms with Gasteiger partial charge in [-0.2, -0.15) is 0 Å². The van der Waals surface area contributed by atoms with Crippen molar-refractivity contribution in [1.29, 1.82) is 0 Å². The van der Waals surface area contributed by atoms with Gasteiger partial charge in [0.1, 0.15) is 11.4 Å². The second-order valence-electron chi connectivity index (χ2n) is 6.38. The van der Waals surface area contributed by atoms with Crippen LogP contribution in [0.5, 0.6) is 0 Å². The van der Waals surface area contributed by atoms with Crippen LogP contribution in [0.4, 0.5) is 4.79 Å². The number of likely N-dealkylation sites (tertiary alicyclic amines) is 1. The van der Waals surface area contributed by atoms with Gasteiger partial charge in [-0.3, -0.25) is 0 Å². The molecule has 1 amide bonds. The van der Waals surface area contributed by atoms with E-state index in [4.69, 9.17) is 4.74 Å². The zero-order chi connectivity index (χ0) is 15.1. The number of nitrogens with zero attached hydrogens (tertiary/aromatic N) is 3. The lowest BCUT2D eigenvalue weighted by atomic mass is 10.0. The van der Waals surface area contributed by atoms with Crippen LogP contribution < -0.4 is 0 Å². The lowest BCUT2D eigenvalue weighted by Gasteiger charge is -2.24. The summed E-state index contributed by atoms with van der Waals surface area (Å²) in [5, 5.41) is 10.2. The predicted molar refractivity (Wildman–Crippen MR) is 74.5 cm³/mol. The monoisotopic (exact) mass is 281 g/mol. The van der Waals surface area contributed by atoms with Crippen LogP contribution in [0.2, 0.25) is 0 Å². The van der Waals surface area contributed by atoms with Crippen molar-refractivity contribution in [1.82, 2.24) is 14.5 Å². The van der Waals surface area contributed by atoms with Crippen molar-refractivity contribution >= 4 is 6.09 Å². The van der Waals surface area contributed by atoms with Crippen LogP contribution in [0.15, 0.2) is 6.20 Å². The van der Waals surface area contributed by atoms with Gasteiger partial charge in [0, 0.05) is 25.7 Å². The molecule has 0 aliphatic carbocycles. The number of ether oxygens (including phenoxy) is 1. The molecule has 0 spiro atoms. The van der Waals surface area contributed by atoms with Gasteiger partial charge in [-0.15, -0.1) is 0 Å². The molecule has 0 bridgehead atoms. The van der Waals surface area contributed by atoms with E-state index in [9.17, 15) is 9.90 Å². The molecule has 20 heavy (non-hydrogen) atoms. The van der Waals surface area contributed by atoms with Crippen molar-refractivity contribution in [2.75, 3.05) is 13.1 Å². The van der Waals surface area contributed by atoms with Crippen LogP contribution in [0, 0.1) is 6.92 Å². The molecule has 2 atom stereocenters. The molecule has 1 saturated heterocycles. The topological polar surface area (TPSA) is 67.6 Å². The Kier molecular flexibility index (Phi) is 3.77. The van der Waals surface area contributed by atoms with Crippen molar-refractivity contribution in [3.63, 3.8) is 0 Å². The molecule has 0 aromatic carbocycles. The zero-order valence-electron chi connectivity index (χ0n) is 12.8. The number of β-amino-alcohol motifs (C(OH)–C–C–N with tert-alkyl or cyclic N) is 1. The molecule has 1 aliphatic heterocycles. The Hall–Kier alpha value is -1.56. The quantitative estimate of drug-likeness (QED) is 0.845. The van der Waals surface area contributed by atoms with Gasteiger partial charge in [0.25, 0.3) is 0 Å². The Labute approximate surface area is 119 Å². The molecule has 1 aromatic heterocycles. The summed E-state index contributed by atoms with van der Waals surface area (Å²) in [7, 11) is 1.92. The summed E-state index contributed by atoms with van der Waals surface area (Å²) in [4.78, 5) is 18.0. The Bertz CT molecular complexity index is 485. The SMILES string of the molecule is Cc1nc([C@@H]2CN(C(=O)OC(C)(C)C)C[C@H]2O)cn1C. The summed E-state index contributed by atoms with van der Waals surface area (Å²) < 4.78 is 7.25. The van der Waals surface area contributed by atoms with E-state index in [-0.39, 0.29) is 18.6 Å². The number of carbonyl (C=O) groups is 1. The highest BCUT2D eigenvalue weighted by molar-refractivity contribution is 5.68. The van der Waals surface area contributed by atoms with Gasteiger partial charge in [0.05, 0.1) is 18.3 Å². The van der Waals surface area contributed by atoms with E-state index in [0.717, 1.165) is 11.5 Å². The lowest BCUT2D eigenvalue weighted by molar-refractivity contribution is 0.0270. The third kappa shape index (κ3) is 3.12. The van der Waals surface area contributed by atoms with E-state index in [2.05, 4.69) is 4.98 Å². The molecule has 1 aromatic rings. The molecule has 1 aliphatic rings. The normalized spacial score (nSPS) is 23.2. The number of aliphatic hydroxyl groups is 1. The van der Waals surface area contributed by atoms with Crippen LogP contribution in [0.3, 0.4) is 0 Å². The first-order valence-electron chi connectivity index (χ1n) is 6.83. The van der Waals surface area contributed by atoms with Crippen LogP contribution in [0.1, 0.15) is 38.2 Å². The molecule has 0 unspecified atom stereocenters. The molecular weight excluding hydrogens is 258 g/mol. The van der Waals surface area contributed by atoms with Gasteiger partial charge in [-0.1, -0.05) is 0 Å². The third-order valence-corrected chi connectivity index (χ3v) is 3.45. The highest BCUT2D eigenvalue weighted by Crippen LogP contribution is 2.28. The fraction of sp³-hybridized carbons (Fsp3) is 0.714. The highest BCUT2D eigenvalue weighted by atomic mass is 16.6. The summed E-state index contributed by atoms with van der Waals surface area (Å²) in [5.41, 5.74) is 0.297. The van der Waals surface area contributed by atoms with Gasteiger partial charge in [-0.05, 0) is 27.7 Å². The van der Waals surface area contributed by atoms with Crippen molar-refractivity contribution in [3.05, 3.63) is 17.7 Å². The van der Waals surface area contributed by atoms with Gasteiger partial charge in [0.15, 0.2) is 0 Å². The number of hydrogen-bond acceptors (Lipinski definition) is 4. The standard InChI is InChI=1S/C14H23N3O3/c1-9-15-11(7-16(9)5)10-6-17(8-12(10)18)13(19)20-14(2,3)4/h7,10,12,18H,6,8H2,1-5H3/t10-,12+/m0/s1. The minimum Gasteiger partial charge on any atom is -0.444 e. The highest BCUT2D eigenvalue weighted by Gasteiger charge is 2.38. The first-order valence-corrected chi connectivity index (χ1v) is 6.83. The van der Waals surface area contributed by atoms with Gasteiger partial charge in [-0.25, -0.2) is 9.78 Å². The van der Waals surface area contributed by atoms with Gasteiger partial charge in [0.2, 0.25) is 0 Å². The van der Waals surface area contributed by atoms with Crippen LogP contribution in [-0.2, 0) is 11.8 Å². The molecule has 1 fully saturated rings. The predicted octanol–water partition coefficient (Wildman–Crippen LogP) is 1.42. The van der Waals surface area contributed by atoms with Crippen molar-refractivity contribution in [2.24, 2.45) is 7.05 Å². The first-order chi connectivity index (χ1) is 9.17. The number of aromatic nitrogens is 2. The number of imidazole rings is 1. The largest absolute Gasteiger partial charge is 0.444 e. The summed E-state index contributed by atoms with van der Waals surface area (Å²) >= 11 is 0. The van der Waals surface area contributed by atoms with Crippen LogP contribution in [-0.4, -0.2) is 50.4 Å². The van der Waals surface area contributed by atoms with E-state index in [0.29, 0.717) is 6.54 Å². The Morgan fingerprint density at radius 1 is 1.45 bits per heavy atom. The van der Waals surface area contributed by atoms with E-state index >= 15 is 0 Å². The molecule has 6 heteroatoms. The summed E-state index contributed by atoms with van der Waals surface area (Å²) in [5.74, 6) is 0.741. The second-order valence-corrected chi connectivity index (χ2v) is 6.38.